The van der Waals surface area contributed by atoms with Gasteiger partial charge in [0.25, 0.3) is 0 Å². The Morgan fingerprint density at radius 1 is 1.14 bits per heavy atom. The van der Waals surface area contributed by atoms with Crippen molar-refractivity contribution in [1.29, 1.82) is 5.26 Å². The summed E-state index contributed by atoms with van der Waals surface area (Å²) < 4.78 is 5.88. The van der Waals surface area contributed by atoms with Gasteiger partial charge in [0.05, 0.1) is 23.3 Å². The number of aromatic amines is 1. The van der Waals surface area contributed by atoms with Gasteiger partial charge in [0.15, 0.2) is 0 Å². The lowest BCUT2D eigenvalue weighted by molar-refractivity contribution is 0.286. The van der Waals surface area contributed by atoms with Gasteiger partial charge >= 0.3 is 0 Å². The highest BCUT2D eigenvalue weighted by atomic mass is 16.5. The fourth-order valence-electron chi connectivity index (χ4n) is 3.33. The van der Waals surface area contributed by atoms with Crippen molar-refractivity contribution in [2.24, 2.45) is 5.73 Å². The first-order valence-electron chi connectivity index (χ1n) is 9.40. The lowest BCUT2D eigenvalue weighted by atomic mass is 10.0. The third-order valence-corrected chi connectivity index (χ3v) is 4.88. The van der Waals surface area contributed by atoms with E-state index >= 15 is 0 Å². The van der Waals surface area contributed by atoms with Crippen LogP contribution in [0.1, 0.15) is 16.8 Å². The quantitative estimate of drug-likeness (QED) is 0.528. The summed E-state index contributed by atoms with van der Waals surface area (Å²) in [6.45, 7) is 2.34. The normalized spacial score (nSPS) is 11.9. The molecule has 0 saturated carbocycles. The molecule has 2 heterocycles. The first kappa shape index (κ1) is 18.7. The van der Waals surface area contributed by atoms with Gasteiger partial charge in [-0.15, -0.1) is 0 Å². The van der Waals surface area contributed by atoms with Crippen LogP contribution in [0.5, 0.6) is 5.75 Å². The topological polar surface area (TPSA) is 101 Å². The van der Waals surface area contributed by atoms with Crippen LogP contribution in [-0.4, -0.2) is 27.8 Å². The van der Waals surface area contributed by atoms with Crippen LogP contribution in [-0.2, 0) is 6.42 Å². The van der Waals surface area contributed by atoms with Crippen LogP contribution >= 0.6 is 0 Å². The summed E-state index contributed by atoms with van der Waals surface area (Å²) in [5, 5.41) is 17.6. The lowest BCUT2D eigenvalue weighted by Gasteiger charge is -2.14. The average molecular weight is 383 g/mol. The number of rotatable bonds is 6. The molecule has 1 atom stereocenters. The molecule has 3 N–H and O–H groups in total. The van der Waals surface area contributed by atoms with Gasteiger partial charge in [-0.2, -0.15) is 10.4 Å². The van der Waals surface area contributed by atoms with E-state index in [4.69, 9.17) is 10.5 Å². The zero-order chi connectivity index (χ0) is 20.2. The van der Waals surface area contributed by atoms with E-state index in [2.05, 4.69) is 27.3 Å². The Hall–Kier alpha value is -3.69. The standard InChI is InChI=1S/C23H21N5O/c1-15-22-10-17(6-7-23(22)28-27-15)19-9-21(13-26-12-19)29-14-20(25)8-16-4-2-3-5-18(16)11-24/h2-7,9-10,12-13,20H,8,14,25H2,1H3,(H,27,28). The number of benzene rings is 2. The summed E-state index contributed by atoms with van der Waals surface area (Å²) in [5.74, 6) is 0.663. The maximum absolute atomic E-state index is 9.21. The molecule has 6 heteroatoms. The molecule has 6 nitrogen and oxygen atoms in total. The van der Waals surface area contributed by atoms with Crippen molar-refractivity contribution >= 4 is 10.9 Å². The van der Waals surface area contributed by atoms with Crippen molar-refractivity contribution in [3.05, 3.63) is 77.7 Å². The zero-order valence-corrected chi connectivity index (χ0v) is 16.1. The second-order valence-electron chi connectivity index (χ2n) is 7.03. The maximum Gasteiger partial charge on any atom is 0.138 e. The van der Waals surface area contributed by atoms with E-state index in [1.54, 1.807) is 12.3 Å². The van der Waals surface area contributed by atoms with Gasteiger partial charge in [-0.25, -0.2) is 0 Å². The van der Waals surface area contributed by atoms with Crippen molar-refractivity contribution in [3.8, 4) is 22.9 Å². The zero-order valence-electron chi connectivity index (χ0n) is 16.1. The molecule has 0 radical (unpaired) electrons. The molecule has 0 aliphatic rings. The van der Waals surface area contributed by atoms with Crippen LogP contribution in [0.3, 0.4) is 0 Å². The molecule has 0 saturated heterocycles. The first-order valence-corrected chi connectivity index (χ1v) is 9.40. The smallest absolute Gasteiger partial charge is 0.138 e. The molecule has 29 heavy (non-hydrogen) atoms. The van der Waals surface area contributed by atoms with E-state index in [0.717, 1.165) is 33.3 Å². The number of hydrogen-bond donors (Lipinski definition) is 2. The van der Waals surface area contributed by atoms with Gasteiger partial charge in [-0.1, -0.05) is 24.3 Å². The van der Waals surface area contributed by atoms with E-state index in [1.165, 1.54) is 0 Å². The molecule has 2 aromatic carbocycles. The molecular weight excluding hydrogens is 362 g/mol. The molecule has 0 fully saturated rings. The summed E-state index contributed by atoms with van der Waals surface area (Å²) >= 11 is 0. The predicted octanol–water partition coefficient (Wildman–Crippen LogP) is 3.75. The number of H-pyrrole nitrogens is 1. The second kappa shape index (κ2) is 8.13. The monoisotopic (exact) mass is 383 g/mol. The number of aromatic nitrogens is 3. The maximum atomic E-state index is 9.21. The van der Waals surface area contributed by atoms with Crippen LogP contribution in [0.2, 0.25) is 0 Å². The van der Waals surface area contributed by atoms with E-state index in [-0.39, 0.29) is 6.04 Å². The Morgan fingerprint density at radius 2 is 2.00 bits per heavy atom. The molecule has 1 unspecified atom stereocenters. The lowest BCUT2D eigenvalue weighted by Crippen LogP contribution is -2.30. The van der Waals surface area contributed by atoms with Crippen LogP contribution in [0, 0.1) is 18.3 Å². The predicted molar refractivity (Wildman–Crippen MR) is 112 cm³/mol. The van der Waals surface area contributed by atoms with Crippen LogP contribution in [0.25, 0.3) is 22.0 Å². The number of nitrogens with one attached hydrogen (secondary N) is 1. The summed E-state index contributed by atoms with van der Waals surface area (Å²) in [7, 11) is 0. The van der Waals surface area contributed by atoms with E-state index in [0.29, 0.717) is 24.3 Å². The second-order valence-corrected chi connectivity index (χ2v) is 7.03. The van der Waals surface area contributed by atoms with E-state index in [9.17, 15) is 5.26 Å². The fraction of sp³-hybridized carbons (Fsp3) is 0.174. The van der Waals surface area contributed by atoms with Gasteiger partial charge in [0.1, 0.15) is 12.4 Å². The third-order valence-electron chi connectivity index (χ3n) is 4.88. The molecule has 0 spiro atoms. The number of nitrogens with zero attached hydrogens (tertiary/aromatic N) is 3. The molecule has 0 bridgehead atoms. The van der Waals surface area contributed by atoms with Crippen molar-refractivity contribution in [3.63, 3.8) is 0 Å². The van der Waals surface area contributed by atoms with Crippen molar-refractivity contribution in [2.75, 3.05) is 6.61 Å². The summed E-state index contributed by atoms with van der Waals surface area (Å²) in [5.41, 5.74) is 11.8. The first-order chi connectivity index (χ1) is 14.1. The highest BCUT2D eigenvalue weighted by Crippen LogP contribution is 2.27. The molecule has 0 amide bonds. The minimum Gasteiger partial charge on any atom is -0.490 e. The Labute approximate surface area is 169 Å². The van der Waals surface area contributed by atoms with Crippen molar-refractivity contribution in [1.82, 2.24) is 15.2 Å². The van der Waals surface area contributed by atoms with Crippen molar-refractivity contribution < 1.29 is 4.74 Å². The molecule has 0 aliphatic carbocycles. The largest absolute Gasteiger partial charge is 0.490 e. The summed E-state index contributed by atoms with van der Waals surface area (Å²) in [6, 6.07) is 17.5. The molecular formula is C23H21N5O. The SMILES string of the molecule is Cc1[nH]nc2ccc(-c3cncc(OCC(N)Cc4ccccc4C#N)c3)cc12. The van der Waals surface area contributed by atoms with Gasteiger partial charge in [0.2, 0.25) is 0 Å². The number of pyridine rings is 1. The highest BCUT2D eigenvalue weighted by molar-refractivity contribution is 5.86. The Kier molecular flexibility index (Phi) is 5.23. The number of fused-ring (bicyclic) bond motifs is 1. The third kappa shape index (κ3) is 4.10. The highest BCUT2D eigenvalue weighted by Gasteiger charge is 2.10. The molecule has 144 valence electrons. The number of aryl methyl sites for hydroxylation is 1. The Balaban J connectivity index is 1.46. The van der Waals surface area contributed by atoms with Gasteiger partial charge in [-0.3, -0.25) is 10.1 Å². The Morgan fingerprint density at radius 3 is 2.86 bits per heavy atom. The van der Waals surface area contributed by atoms with Crippen molar-refractivity contribution in [2.45, 2.75) is 19.4 Å². The van der Waals surface area contributed by atoms with Crippen LogP contribution < -0.4 is 10.5 Å². The van der Waals surface area contributed by atoms with E-state index in [1.807, 2.05) is 49.5 Å². The number of ether oxygens (including phenoxy) is 1. The number of nitrogens with two attached hydrogens (primary N) is 1. The minimum atomic E-state index is -0.224. The summed E-state index contributed by atoms with van der Waals surface area (Å²) in [6.07, 6.45) is 4.07. The van der Waals surface area contributed by atoms with Gasteiger partial charge < -0.3 is 10.5 Å². The molecule has 2 aromatic heterocycles. The molecule has 0 aliphatic heterocycles. The number of hydrogen-bond acceptors (Lipinski definition) is 5. The van der Waals surface area contributed by atoms with Crippen LogP contribution in [0.4, 0.5) is 0 Å². The minimum absolute atomic E-state index is 0.224. The van der Waals surface area contributed by atoms with Gasteiger partial charge in [-0.05, 0) is 48.7 Å². The average Bonchev–Trinajstić information content (AvgIpc) is 3.13. The Bertz CT molecular complexity index is 1190. The molecule has 4 aromatic rings. The van der Waals surface area contributed by atoms with E-state index < -0.39 is 0 Å². The fourth-order valence-corrected chi connectivity index (χ4v) is 3.33. The number of nitriles is 1. The summed E-state index contributed by atoms with van der Waals surface area (Å²) in [4.78, 5) is 4.31. The van der Waals surface area contributed by atoms with Gasteiger partial charge in [0, 0.05) is 28.9 Å². The van der Waals surface area contributed by atoms with Crippen LogP contribution in [0.15, 0.2) is 60.9 Å². The molecule has 4 rings (SSSR count).